The lowest BCUT2D eigenvalue weighted by molar-refractivity contribution is 0.0699. The highest BCUT2D eigenvalue weighted by atomic mass is 16.4. The highest BCUT2D eigenvalue weighted by Gasteiger charge is 2.10. The Morgan fingerprint density at radius 2 is 1.72 bits per heavy atom. The number of carbonyl (C=O) groups is 1. The summed E-state index contributed by atoms with van der Waals surface area (Å²) in [6, 6.07) is 13.1. The lowest BCUT2D eigenvalue weighted by Crippen LogP contribution is -1.99. The molecule has 0 spiro atoms. The van der Waals surface area contributed by atoms with Crippen LogP contribution in [0.15, 0.2) is 42.5 Å². The maximum absolute atomic E-state index is 11.2. The Balaban J connectivity index is 2.50. The molecule has 0 radical (unpaired) electrons. The molecule has 0 aliphatic carbocycles. The first kappa shape index (κ1) is 10.7. The van der Waals surface area contributed by atoms with Gasteiger partial charge in [0.25, 0.3) is 0 Å². The smallest absolute Gasteiger partial charge is 0.337 e. The van der Waals surface area contributed by atoms with E-state index in [-0.39, 0.29) is 5.56 Å². The molecule has 2 aromatic carbocycles. The van der Waals surface area contributed by atoms with Crippen molar-refractivity contribution in [2.45, 2.75) is 6.92 Å². The van der Waals surface area contributed by atoms with Crippen molar-refractivity contribution in [1.29, 1.82) is 0 Å². The van der Waals surface area contributed by atoms with Gasteiger partial charge in [0.05, 0.1) is 16.6 Å². The van der Waals surface area contributed by atoms with Crippen molar-refractivity contribution >= 4 is 27.8 Å². The monoisotopic (exact) mass is 237 g/mol. The Morgan fingerprint density at radius 1 is 1.06 bits per heavy atom. The van der Waals surface area contributed by atoms with Crippen molar-refractivity contribution in [1.82, 2.24) is 4.98 Å². The maximum Gasteiger partial charge on any atom is 0.337 e. The van der Waals surface area contributed by atoms with Crippen molar-refractivity contribution in [2.24, 2.45) is 0 Å². The van der Waals surface area contributed by atoms with Crippen molar-refractivity contribution in [3.63, 3.8) is 0 Å². The molecule has 1 aromatic heterocycles. The molecule has 0 aliphatic rings. The van der Waals surface area contributed by atoms with Crippen LogP contribution < -0.4 is 0 Å². The van der Waals surface area contributed by atoms with Crippen LogP contribution in [0.4, 0.5) is 0 Å². The van der Waals surface area contributed by atoms with Crippen molar-refractivity contribution < 1.29 is 9.90 Å². The number of rotatable bonds is 1. The van der Waals surface area contributed by atoms with Crippen LogP contribution in [0.1, 0.15) is 15.9 Å². The van der Waals surface area contributed by atoms with Gasteiger partial charge in [0, 0.05) is 10.8 Å². The summed E-state index contributed by atoms with van der Waals surface area (Å²) in [5.41, 5.74) is 2.71. The van der Waals surface area contributed by atoms with E-state index >= 15 is 0 Å². The third-order valence-corrected chi connectivity index (χ3v) is 3.10. The molecule has 3 heteroatoms. The molecule has 1 heterocycles. The number of carboxylic acids is 1. The van der Waals surface area contributed by atoms with Gasteiger partial charge in [-0.05, 0) is 24.6 Å². The summed E-state index contributed by atoms with van der Waals surface area (Å²) in [7, 11) is 0. The predicted octanol–water partition coefficient (Wildman–Crippen LogP) is 3.39. The third-order valence-electron chi connectivity index (χ3n) is 3.10. The Hall–Kier alpha value is -2.42. The van der Waals surface area contributed by atoms with Crippen LogP contribution in [0.25, 0.3) is 21.8 Å². The average Bonchev–Trinajstić information content (AvgIpc) is 2.36. The van der Waals surface area contributed by atoms with Crippen molar-refractivity contribution in [2.75, 3.05) is 0 Å². The van der Waals surface area contributed by atoms with Gasteiger partial charge in [0.1, 0.15) is 0 Å². The Labute approximate surface area is 104 Å². The highest BCUT2D eigenvalue weighted by Crippen LogP contribution is 2.24. The van der Waals surface area contributed by atoms with Crippen LogP contribution in [0.3, 0.4) is 0 Å². The first-order valence-electron chi connectivity index (χ1n) is 5.69. The minimum atomic E-state index is -0.943. The van der Waals surface area contributed by atoms with Crippen LogP contribution in [-0.2, 0) is 0 Å². The maximum atomic E-state index is 11.2. The Kier molecular flexibility index (Phi) is 2.27. The van der Waals surface area contributed by atoms with Gasteiger partial charge in [0.15, 0.2) is 0 Å². The van der Waals surface area contributed by atoms with E-state index in [1.54, 1.807) is 12.1 Å². The van der Waals surface area contributed by atoms with E-state index in [0.717, 1.165) is 21.9 Å². The fourth-order valence-electron chi connectivity index (χ4n) is 2.21. The molecule has 0 amide bonds. The SMILES string of the molecule is Cc1cccc2cc3cccc(C(=O)O)c3nc12. The van der Waals surface area contributed by atoms with Gasteiger partial charge >= 0.3 is 5.97 Å². The quantitative estimate of drug-likeness (QED) is 0.660. The molecule has 1 N–H and O–H groups in total. The second-order valence-corrected chi connectivity index (χ2v) is 4.32. The molecule has 0 bridgehead atoms. The molecule has 88 valence electrons. The topological polar surface area (TPSA) is 50.2 Å². The standard InChI is InChI=1S/C15H11NO2/c1-9-4-2-5-10-8-11-6-3-7-12(15(17)18)14(11)16-13(9)10/h2-8H,1H3,(H,17,18). The zero-order valence-corrected chi connectivity index (χ0v) is 9.84. The molecular weight excluding hydrogens is 226 g/mol. The van der Waals surface area contributed by atoms with Gasteiger partial charge in [-0.3, -0.25) is 0 Å². The number of para-hydroxylation sites is 2. The predicted molar refractivity (Wildman–Crippen MR) is 70.9 cm³/mol. The molecule has 0 atom stereocenters. The molecule has 0 aliphatic heterocycles. The minimum Gasteiger partial charge on any atom is -0.478 e. The molecule has 3 nitrogen and oxygen atoms in total. The lowest BCUT2D eigenvalue weighted by atomic mass is 10.1. The van der Waals surface area contributed by atoms with Crippen LogP contribution >= 0.6 is 0 Å². The molecular formula is C15H11NO2. The van der Waals surface area contributed by atoms with Crippen molar-refractivity contribution in [3.8, 4) is 0 Å². The zero-order valence-electron chi connectivity index (χ0n) is 9.84. The van der Waals surface area contributed by atoms with E-state index in [2.05, 4.69) is 4.98 Å². The van der Waals surface area contributed by atoms with Crippen LogP contribution in [0.5, 0.6) is 0 Å². The molecule has 18 heavy (non-hydrogen) atoms. The number of hydrogen-bond donors (Lipinski definition) is 1. The molecule has 0 fully saturated rings. The summed E-state index contributed by atoms with van der Waals surface area (Å²) in [6.45, 7) is 1.98. The number of fused-ring (bicyclic) bond motifs is 2. The highest BCUT2D eigenvalue weighted by molar-refractivity contribution is 6.05. The fraction of sp³-hybridized carbons (Fsp3) is 0.0667. The summed E-state index contributed by atoms with van der Waals surface area (Å²) in [5.74, 6) is -0.943. The van der Waals surface area contributed by atoms with E-state index in [9.17, 15) is 9.90 Å². The number of carboxylic acid groups (broad SMARTS) is 1. The van der Waals surface area contributed by atoms with Crippen LogP contribution in [-0.4, -0.2) is 16.1 Å². The number of benzene rings is 2. The van der Waals surface area contributed by atoms with Gasteiger partial charge in [-0.15, -0.1) is 0 Å². The number of hydrogen-bond acceptors (Lipinski definition) is 2. The number of aromatic carboxylic acids is 1. The second kappa shape index (κ2) is 3.81. The summed E-state index contributed by atoms with van der Waals surface area (Å²) >= 11 is 0. The summed E-state index contributed by atoms with van der Waals surface area (Å²) in [4.78, 5) is 15.7. The number of aryl methyl sites for hydroxylation is 1. The lowest BCUT2D eigenvalue weighted by Gasteiger charge is -2.06. The van der Waals surface area contributed by atoms with Gasteiger partial charge in [-0.1, -0.05) is 30.3 Å². The number of nitrogens with zero attached hydrogens (tertiary/aromatic N) is 1. The molecule has 3 aromatic rings. The van der Waals surface area contributed by atoms with E-state index in [1.807, 2.05) is 37.3 Å². The first-order valence-corrected chi connectivity index (χ1v) is 5.69. The number of pyridine rings is 1. The fourth-order valence-corrected chi connectivity index (χ4v) is 2.21. The van der Waals surface area contributed by atoms with E-state index < -0.39 is 5.97 Å². The summed E-state index contributed by atoms with van der Waals surface area (Å²) in [5, 5.41) is 11.1. The normalized spacial score (nSPS) is 10.9. The van der Waals surface area contributed by atoms with Gasteiger partial charge in [0.2, 0.25) is 0 Å². The first-order chi connectivity index (χ1) is 8.66. The van der Waals surface area contributed by atoms with Gasteiger partial charge in [-0.2, -0.15) is 0 Å². The van der Waals surface area contributed by atoms with E-state index in [4.69, 9.17) is 0 Å². The second-order valence-electron chi connectivity index (χ2n) is 4.32. The number of aromatic nitrogens is 1. The molecule has 0 saturated heterocycles. The van der Waals surface area contributed by atoms with Crippen LogP contribution in [0, 0.1) is 6.92 Å². The van der Waals surface area contributed by atoms with E-state index in [0.29, 0.717) is 5.52 Å². The Morgan fingerprint density at radius 3 is 2.44 bits per heavy atom. The minimum absolute atomic E-state index is 0.248. The molecule has 0 saturated carbocycles. The average molecular weight is 237 g/mol. The summed E-state index contributed by atoms with van der Waals surface area (Å²) < 4.78 is 0. The van der Waals surface area contributed by atoms with Crippen LogP contribution in [0.2, 0.25) is 0 Å². The van der Waals surface area contributed by atoms with Gasteiger partial charge in [-0.25, -0.2) is 9.78 Å². The summed E-state index contributed by atoms with van der Waals surface area (Å²) in [6.07, 6.45) is 0. The third kappa shape index (κ3) is 1.52. The molecule has 3 rings (SSSR count). The van der Waals surface area contributed by atoms with E-state index in [1.165, 1.54) is 0 Å². The van der Waals surface area contributed by atoms with Crippen molar-refractivity contribution in [3.05, 3.63) is 53.6 Å². The Bertz CT molecular complexity index is 778. The largest absolute Gasteiger partial charge is 0.478 e. The molecule has 0 unspecified atom stereocenters. The van der Waals surface area contributed by atoms with Gasteiger partial charge < -0.3 is 5.11 Å². The zero-order chi connectivity index (χ0) is 12.7.